The maximum atomic E-state index is 11.5. The molecule has 0 unspecified atom stereocenters. The summed E-state index contributed by atoms with van der Waals surface area (Å²) >= 11 is 5.79. The van der Waals surface area contributed by atoms with Crippen LogP contribution < -0.4 is 4.74 Å². The van der Waals surface area contributed by atoms with E-state index in [4.69, 9.17) is 16.3 Å². The summed E-state index contributed by atoms with van der Waals surface area (Å²) in [5, 5.41) is 0.575. The molecule has 0 N–H and O–H groups in total. The van der Waals surface area contributed by atoms with Gasteiger partial charge < -0.3 is 9.64 Å². The third-order valence-corrected chi connectivity index (χ3v) is 2.39. The molecule has 1 aromatic carbocycles. The molecule has 0 aromatic heterocycles. The molecule has 0 heterocycles. The van der Waals surface area contributed by atoms with Crippen molar-refractivity contribution in [3.8, 4) is 5.75 Å². The van der Waals surface area contributed by atoms with Crippen LogP contribution in [0.25, 0.3) is 0 Å². The van der Waals surface area contributed by atoms with Crippen LogP contribution in [0.15, 0.2) is 30.4 Å². The minimum atomic E-state index is -0.601. The molecule has 4 nitrogen and oxygen atoms in total. The topological polar surface area (TPSA) is 46.6 Å². The third kappa shape index (κ3) is 4.22. The summed E-state index contributed by atoms with van der Waals surface area (Å²) in [4.78, 5) is 24.0. The number of hydrogen-bond donors (Lipinski definition) is 0. The highest BCUT2D eigenvalue weighted by Crippen LogP contribution is 2.21. The Balaban J connectivity index is 2.68. The molecule has 0 radical (unpaired) electrons. The minimum Gasteiger partial charge on any atom is -0.423 e. The van der Waals surface area contributed by atoms with Gasteiger partial charge >= 0.3 is 5.97 Å². The molecule has 0 saturated carbocycles. The molecular weight excluding hydrogens is 254 g/mol. The molecule has 0 spiro atoms. The van der Waals surface area contributed by atoms with Gasteiger partial charge in [-0.1, -0.05) is 11.6 Å². The van der Waals surface area contributed by atoms with Crippen molar-refractivity contribution >= 4 is 23.5 Å². The summed E-state index contributed by atoms with van der Waals surface area (Å²) in [5.41, 5.74) is 0.753. The maximum absolute atomic E-state index is 11.5. The highest BCUT2D eigenvalue weighted by atomic mass is 35.5. The molecule has 0 fully saturated rings. The van der Waals surface area contributed by atoms with E-state index in [0.717, 1.165) is 17.7 Å². The van der Waals surface area contributed by atoms with E-state index in [0.29, 0.717) is 10.8 Å². The molecule has 0 aliphatic rings. The van der Waals surface area contributed by atoms with Gasteiger partial charge in [-0.2, -0.15) is 0 Å². The molecular formula is C13H14ClNO3. The molecule has 1 rings (SSSR count). The normalized spacial score (nSPS) is 10.4. The lowest BCUT2D eigenvalue weighted by Gasteiger charge is -2.06. The van der Waals surface area contributed by atoms with Gasteiger partial charge in [0, 0.05) is 31.3 Å². The molecule has 0 bridgehead atoms. The Kier molecular flexibility index (Phi) is 4.92. The number of carbonyl (C=O) groups excluding carboxylic acids is 2. The van der Waals surface area contributed by atoms with Crippen molar-refractivity contribution in [2.24, 2.45) is 0 Å². The Labute approximate surface area is 111 Å². The zero-order valence-electron chi connectivity index (χ0n) is 10.4. The fourth-order valence-corrected chi connectivity index (χ4v) is 1.38. The van der Waals surface area contributed by atoms with Crippen molar-refractivity contribution in [2.45, 2.75) is 6.92 Å². The van der Waals surface area contributed by atoms with Crippen LogP contribution in [0.3, 0.4) is 0 Å². The zero-order chi connectivity index (χ0) is 13.7. The molecule has 0 aliphatic carbocycles. The van der Waals surface area contributed by atoms with E-state index in [2.05, 4.69) is 0 Å². The van der Waals surface area contributed by atoms with Crippen LogP contribution in [-0.4, -0.2) is 30.9 Å². The number of aryl methyl sites for hydroxylation is 1. The second-order valence-corrected chi connectivity index (χ2v) is 4.33. The van der Waals surface area contributed by atoms with Crippen molar-refractivity contribution in [1.82, 2.24) is 4.90 Å². The van der Waals surface area contributed by atoms with Gasteiger partial charge in [-0.15, -0.1) is 0 Å². The summed E-state index contributed by atoms with van der Waals surface area (Å²) in [6.45, 7) is 1.78. The van der Waals surface area contributed by atoms with Crippen molar-refractivity contribution in [3.63, 3.8) is 0 Å². The quantitative estimate of drug-likeness (QED) is 0.479. The van der Waals surface area contributed by atoms with E-state index in [-0.39, 0.29) is 5.91 Å². The van der Waals surface area contributed by atoms with Gasteiger partial charge in [0.1, 0.15) is 5.75 Å². The number of rotatable bonds is 3. The lowest BCUT2D eigenvalue weighted by Crippen LogP contribution is -2.19. The second kappa shape index (κ2) is 6.21. The predicted molar refractivity (Wildman–Crippen MR) is 69.7 cm³/mol. The molecule has 0 atom stereocenters. The number of halogens is 1. The molecule has 1 amide bonds. The average Bonchev–Trinajstić information content (AvgIpc) is 2.29. The fourth-order valence-electron chi connectivity index (χ4n) is 1.16. The Hall–Kier alpha value is -1.81. The van der Waals surface area contributed by atoms with Crippen LogP contribution in [0.1, 0.15) is 5.56 Å². The first-order chi connectivity index (χ1) is 8.40. The van der Waals surface area contributed by atoms with Crippen LogP contribution >= 0.6 is 11.6 Å². The third-order valence-electron chi connectivity index (χ3n) is 2.15. The monoisotopic (exact) mass is 267 g/mol. The van der Waals surface area contributed by atoms with Gasteiger partial charge in [-0.05, 0) is 30.7 Å². The smallest absolute Gasteiger partial charge is 0.336 e. The number of nitrogens with zero attached hydrogens (tertiary/aromatic N) is 1. The Bertz CT molecular complexity index is 495. The van der Waals surface area contributed by atoms with E-state index >= 15 is 0 Å². The van der Waals surface area contributed by atoms with Gasteiger partial charge in [0.15, 0.2) is 0 Å². The van der Waals surface area contributed by atoms with E-state index in [1.54, 1.807) is 39.2 Å². The van der Waals surface area contributed by atoms with Crippen molar-refractivity contribution in [3.05, 3.63) is 40.9 Å². The van der Waals surface area contributed by atoms with Gasteiger partial charge in [0.25, 0.3) is 0 Å². The fraction of sp³-hybridized carbons (Fsp3) is 0.231. The van der Waals surface area contributed by atoms with Crippen LogP contribution in [-0.2, 0) is 9.59 Å². The predicted octanol–water partition coefficient (Wildman–Crippen LogP) is 2.20. The summed E-state index contributed by atoms with van der Waals surface area (Å²) in [5.74, 6) is -0.457. The van der Waals surface area contributed by atoms with E-state index in [1.165, 1.54) is 4.90 Å². The number of hydrogen-bond acceptors (Lipinski definition) is 3. The van der Waals surface area contributed by atoms with Crippen molar-refractivity contribution < 1.29 is 14.3 Å². The van der Waals surface area contributed by atoms with Crippen LogP contribution in [0.5, 0.6) is 5.75 Å². The van der Waals surface area contributed by atoms with Gasteiger partial charge in [-0.25, -0.2) is 4.79 Å². The molecule has 1 aromatic rings. The first-order valence-corrected chi connectivity index (χ1v) is 5.65. The summed E-state index contributed by atoms with van der Waals surface area (Å²) in [6.07, 6.45) is 2.25. The number of ether oxygens (including phenoxy) is 1. The summed E-state index contributed by atoms with van der Waals surface area (Å²) in [6, 6.07) is 4.93. The van der Waals surface area contributed by atoms with E-state index < -0.39 is 5.97 Å². The zero-order valence-corrected chi connectivity index (χ0v) is 11.2. The second-order valence-electron chi connectivity index (χ2n) is 3.90. The van der Waals surface area contributed by atoms with E-state index in [9.17, 15) is 9.59 Å². The number of benzene rings is 1. The Morgan fingerprint density at radius 3 is 2.50 bits per heavy atom. The van der Waals surface area contributed by atoms with Crippen molar-refractivity contribution in [1.29, 1.82) is 0 Å². The summed E-state index contributed by atoms with van der Waals surface area (Å²) in [7, 11) is 3.20. The minimum absolute atomic E-state index is 0.278. The first kappa shape index (κ1) is 14.3. The molecule has 96 valence electrons. The number of amides is 1. The standard InChI is InChI=1S/C13H14ClNO3/c1-9-8-10(14)4-5-11(9)18-13(17)7-6-12(16)15(2)3/h4-8H,1-3H3/b7-6+. The largest absolute Gasteiger partial charge is 0.423 e. The highest BCUT2D eigenvalue weighted by molar-refractivity contribution is 6.30. The lowest BCUT2D eigenvalue weighted by molar-refractivity contribution is -0.130. The molecule has 0 aliphatic heterocycles. The Morgan fingerprint density at radius 2 is 1.94 bits per heavy atom. The first-order valence-electron chi connectivity index (χ1n) is 5.27. The van der Waals surface area contributed by atoms with Crippen molar-refractivity contribution in [2.75, 3.05) is 14.1 Å². The van der Waals surface area contributed by atoms with E-state index in [1.807, 2.05) is 0 Å². The summed E-state index contributed by atoms with van der Waals surface area (Å²) < 4.78 is 5.08. The number of esters is 1. The molecule has 0 saturated heterocycles. The highest BCUT2D eigenvalue weighted by Gasteiger charge is 2.06. The van der Waals surface area contributed by atoms with Gasteiger partial charge in [0.05, 0.1) is 0 Å². The Morgan fingerprint density at radius 1 is 1.28 bits per heavy atom. The van der Waals surface area contributed by atoms with Gasteiger partial charge in [0.2, 0.25) is 5.91 Å². The van der Waals surface area contributed by atoms with Crippen LogP contribution in [0.2, 0.25) is 5.02 Å². The maximum Gasteiger partial charge on any atom is 0.336 e. The SMILES string of the molecule is Cc1cc(Cl)ccc1OC(=O)/C=C/C(=O)N(C)C. The molecule has 18 heavy (non-hydrogen) atoms. The van der Waals surface area contributed by atoms with Crippen LogP contribution in [0.4, 0.5) is 0 Å². The van der Waals surface area contributed by atoms with Crippen LogP contribution in [0, 0.1) is 6.92 Å². The number of carbonyl (C=O) groups is 2. The lowest BCUT2D eigenvalue weighted by atomic mass is 10.2. The number of likely N-dealkylation sites (N-methyl/N-ethyl adjacent to an activating group) is 1. The van der Waals surface area contributed by atoms with Gasteiger partial charge in [-0.3, -0.25) is 4.79 Å². The average molecular weight is 268 g/mol. The molecule has 5 heteroatoms.